The van der Waals surface area contributed by atoms with Gasteiger partial charge in [0.05, 0.1) is 10.6 Å². The van der Waals surface area contributed by atoms with Crippen LogP contribution in [0.25, 0.3) is 10.1 Å². The summed E-state index contributed by atoms with van der Waals surface area (Å²) in [6.07, 6.45) is 0.430. The van der Waals surface area contributed by atoms with Gasteiger partial charge < -0.3 is 10.0 Å². The van der Waals surface area contributed by atoms with Gasteiger partial charge in [0.1, 0.15) is 0 Å². The fourth-order valence-electron chi connectivity index (χ4n) is 3.41. The van der Waals surface area contributed by atoms with E-state index in [1.165, 1.54) is 16.2 Å². The first-order chi connectivity index (χ1) is 15.3. The smallest absolute Gasteiger partial charge is 0.292 e. The highest BCUT2D eigenvalue weighted by molar-refractivity contribution is 9.10. The third-order valence-electron chi connectivity index (χ3n) is 5.20. The molecule has 4 rings (SSSR count). The van der Waals surface area contributed by atoms with Crippen molar-refractivity contribution in [2.75, 3.05) is 16.8 Å². The van der Waals surface area contributed by atoms with Crippen LogP contribution in [-0.4, -0.2) is 24.5 Å². The van der Waals surface area contributed by atoms with Crippen molar-refractivity contribution in [3.8, 4) is 0 Å². The molecule has 162 valence electrons. The van der Waals surface area contributed by atoms with Gasteiger partial charge in [0.15, 0.2) is 0 Å². The maximum atomic E-state index is 13.8. The summed E-state index contributed by atoms with van der Waals surface area (Å²) in [6, 6.07) is 23.4. The standard InChI is InChI=1S/C24H18Br2N2O3S/c1-27(19-10-6-17(25)7-11-19)24(31,22-14-16-4-2-3-5-21(16)32-22)23(30)28(15-29)20-12-8-18(26)9-13-20/h2-15,31H,1H3. The zero-order chi connectivity index (χ0) is 22.9. The number of likely N-dealkylation sites (N-methyl/N-ethyl adjacent to an activating group) is 1. The quantitative estimate of drug-likeness (QED) is 0.230. The number of rotatable bonds is 6. The molecular formula is C24H18Br2N2O3S. The molecule has 0 saturated heterocycles. The SMILES string of the molecule is CN(c1ccc(Br)cc1)C(O)(C(=O)N(C=O)c1ccc(Br)cc1)c1cc2ccccc2s1. The number of amides is 2. The van der Waals surface area contributed by atoms with Crippen molar-refractivity contribution in [2.45, 2.75) is 5.72 Å². The summed E-state index contributed by atoms with van der Waals surface area (Å²) in [4.78, 5) is 28.7. The topological polar surface area (TPSA) is 60.9 Å². The lowest BCUT2D eigenvalue weighted by Crippen LogP contribution is -2.56. The van der Waals surface area contributed by atoms with E-state index in [1.807, 2.05) is 36.4 Å². The number of imide groups is 1. The van der Waals surface area contributed by atoms with E-state index in [1.54, 1.807) is 49.5 Å². The molecule has 3 aromatic carbocycles. The van der Waals surface area contributed by atoms with Crippen LogP contribution in [0.5, 0.6) is 0 Å². The Morgan fingerprint density at radius 3 is 2.06 bits per heavy atom. The summed E-state index contributed by atoms with van der Waals surface area (Å²) >= 11 is 8.08. The normalized spacial score (nSPS) is 12.9. The molecule has 1 N–H and O–H groups in total. The Balaban J connectivity index is 1.87. The number of hydrogen-bond donors (Lipinski definition) is 1. The van der Waals surface area contributed by atoms with Crippen molar-refractivity contribution in [1.82, 2.24) is 0 Å². The van der Waals surface area contributed by atoms with E-state index in [0.717, 1.165) is 23.9 Å². The van der Waals surface area contributed by atoms with Crippen LogP contribution in [0, 0.1) is 0 Å². The summed E-state index contributed by atoms with van der Waals surface area (Å²) in [6.45, 7) is 0. The second kappa shape index (κ2) is 9.15. The van der Waals surface area contributed by atoms with E-state index in [2.05, 4.69) is 31.9 Å². The summed E-state index contributed by atoms with van der Waals surface area (Å²) in [5.41, 5.74) is -1.15. The molecule has 0 saturated carbocycles. The molecule has 0 aliphatic rings. The Labute approximate surface area is 206 Å². The zero-order valence-electron chi connectivity index (χ0n) is 16.9. The zero-order valence-corrected chi connectivity index (χ0v) is 20.9. The molecular weight excluding hydrogens is 556 g/mol. The van der Waals surface area contributed by atoms with Gasteiger partial charge >= 0.3 is 0 Å². The third-order valence-corrected chi connectivity index (χ3v) is 7.47. The first kappa shape index (κ1) is 22.7. The van der Waals surface area contributed by atoms with E-state index in [0.29, 0.717) is 22.7 Å². The number of carbonyl (C=O) groups is 2. The number of halogens is 2. The van der Waals surface area contributed by atoms with E-state index < -0.39 is 11.6 Å². The maximum Gasteiger partial charge on any atom is 0.292 e. The predicted molar refractivity (Wildman–Crippen MR) is 136 cm³/mol. The molecule has 1 aromatic heterocycles. The number of thiophene rings is 1. The number of benzene rings is 3. The van der Waals surface area contributed by atoms with Gasteiger partial charge in [0.2, 0.25) is 6.41 Å². The van der Waals surface area contributed by atoms with Gasteiger partial charge in [-0.3, -0.25) is 9.59 Å². The molecule has 32 heavy (non-hydrogen) atoms. The number of aliphatic hydroxyl groups is 1. The molecule has 4 aromatic rings. The van der Waals surface area contributed by atoms with Crippen molar-refractivity contribution in [3.05, 3.63) is 92.7 Å². The van der Waals surface area contributed by atoms with Crippen molar-refractivity contribution >= 4 is 77.0 Å². The van der Waals surface area contributed by atoms with Gasteiger partial charge in [-0.25, -0.2) is 4.90 Å². The van der Waals surface area contributed by atoms with Crippen LogP contribution in [0.15, 0.2) is 87.8 Å². The molecule has 1 atom stereocenters. The minimum Gasteiger partial charge on any atom is -0.359 e. The minimum atomic E-state index is -2.12. The van der Waals surface area contributed by atoms with Gasteiger partial charge in [-0.2, -0.15) is 0 Å². The molecule has 0 bridgehead atoms. The third kappa shape index (κ3) is 4.11. The largest absolute Gasteiger partial charge is 0.359 e. The van der Waals surface area contributed by atoms with Crippen LogP contribution in [0.1, 0.15) is 4.88 Å². The van der Waals surface area contributed by atoms with Crippen molar-refractivity contribution in [1.29, 1.82) is 0 Å². The lowest BCUT2D eigenvalue weighted by molar-refractivity contribution is -0.138. The molecule has 0 aliphatic carbocycles. The lowest BCUT2D eigenvalue weighted by atomic mass is 10.1. The second-order valence-corrected chi connectivity index (χ2v) is 10.0. The number of hydrogen-bond acceptors (Lipinski definition) is 5. The van der Waals surface area contributed by atoms with Gasteiger partial charge in [-0.1, -0.05) is 50.1 Å². The first-order valence-electron chi connectivity index (χ1n) is 9.60. The van der Waals surface area contributed by atoms with Crippen LogP contribution in [-0.2, 0) is 15.3 Å². The summed E-state index contributed by atoms with van der Waals surface area (Å²) in [5.74, 6) is -0.771. The fraction of sp³-hybridized carbons (Fsp3) is 0.0833. The Hall–Kier alpha value is -2.52. The maximum absolute atomic E-state index is 13.8. The molecule has 2 amide bonds. The molecule has 1 heterocycles. The summed E-state index contributed by atoms with van der Waals surface area (Å²) in [7, 11) is 1.64. The van der Waals surface area contributed by atoms with Crippen molar-refractivity contribution in [2.24, 2.45) is 0 Å². The van der Waals surface area contributed by atoms with E-state index >= 15 is 0 Å². The highest BCUT2D eigenvalue weighted by atomic mass is 79.9. The molecule has 0 spiro atoms. The lowest BCUT2D eigenvalue weighted by Gasteiger charge is -2.38. The highest BCUT2D eigenvalue weighted by Gasteiger charge is 2.47. The minimum absolute atomic E-state index is 0.358. The van der Waals surface area contributed by atoms with Crippen LogP contribution >= 0.6 is 43.2 Å². The van der Waals surface area contributed by atoms with E-state index in [9.17, 15) is 14.7 Å². The first-order valence-corrected chi connectivity index (χ1v) is 12.0. The molecule has 1 unspecified atom stereocenters. The molecule has 5 nitrogen and oxygen atoms in total. The fourth-order valence-corrected chi connectivity index (χ4v) is 5.12. The molecule has 0 radical (unpaired) electrons. The van der Waals surface area contributed by atoms with E-state index in [4.69, 9.17) is 0 Å². The number of carbonyl (C=O) groups excluding carboxylic acids is 2. The van der Waals surface area contributed by atoms with Crippen LogP contribution in [0.2, 0.25) is 0 Å². The van der Waals surface area contributed by atoms with Gasteiger partial charge in [-0.15, -0.1) is 11.3 Å². The van der Waals surface area contributed by atoms with Crippen molar-refractivity contribution in [3.63, 3.8) is 0 Å². The monoisotopic (exact) mass is 572 g/mol. The van der Waals surface area contributed by atoms with Gasteiger partial charge in [0, 0.05) is 26.4 Å². The number of fused-ring (bicyclic) bond motifs is 1. The predicted octanol–water partition coefficient (Wildman–Crippen LogP) is 5.90. The summed E-state index contributed by atoms with van der Waals surface area (Å²) < 4.78 is 2.61. The van der Waals surface area contributed by atoms with Gasteiger partial charge in [-0.05, 0) is 66.0 Å². The van der Waals surface area contributed by atoms with Crippen molar-refractivity contribution < 1.29 is 14.7 Å². The number of nitrogens with zero attached hydrogens (tertiary/aromatic N) is 2. The van der Waals surface area contributed by atoms with Crippen LogP contribution in [0.3, 0.4) is 0 Å². The number of anilines is 2. The summed E-state index contributed by atoms with van der Waals surface area (Å²) in [5, 5.41) is 12.9. The Morgan fingerprint density at radius 1 is 0.938 bits per heavy atom. The second-order valence-electron chi connectivity index (χ2n) is 7.11. The average molecular weight is 574 g/mol. The van der Waals surface area contributed by atoms with Crippen LogP contribution < -0.4 is 9.80 Å². The Kier molecular flexibility index (Phi) is 6.48. The molecule has 0 aliphatic heterocycles. The van der Waals surface area contributed by atoms with E-state index in [-0.39, 0.29) is 0 Å². The Morgan fingerprint density at radius 2 is 1.50 bits per heavy atom. The Bertz CT molecular complexity index is 1240. The molecule has 0 fully saturated rings. The van der Waals surface area contributed by atoms with Gasteiger partial charge in [0.25, 0.3) is 11.6 Å². The van der Waals surface area contributed by atoms with Crippen LogP contribution in [0.4, 0.5) is 11.4 Å². The highest BCUT2D eigenvalue weighted by Crippen LogP contribution is 2.39. The molecule has 8 heteroatoms. The average Bonchev–Trinajstić information content (AvgIpc) is 3.25.